The Morgan fingerprint density at radius 3 is 3.00 bits per heavy atom. The van der Waals surface area contributed by atoms with Crippen LogP contribution < -0.4 is 4.74 Å². The molecule has 1 aromatic carbocycles. The molecular formula is C14H19NO3. The summed E-state index contributed by atoms with van der Waals surface area (Å²) in [6.45, 7) is 1.80. The van der Waals surface area contributed by atoms with Crippen LogP contribution in [-0.2, 0) is 4.74 Å². The SMILES string of the molecule is COC(=O)c1cccc(OCC2CCCN2C)c1. The van der Waals surface area contributed by atoms with Gasteiger partial charge in [0.05, 0.1) is 12.7 Å². The number of hydrogen-bond acceptors (Lipinski definition) is 4. The van der Waals surface area contributed by atoms with Crippen molar-refractivity contribution in [2.45, 2.75) is 18.9 Å². The normalized spacial score (nSPS) is 19.8. The number of likely N-dealkylation sites (N-methyl/N-ethyl adjacent to an activating group) is 1. The second kappa shape index (κ2) is 5.87. The van der Waals surface area contributed by atoms with E-state index >= 15 is 0 Å². The van der Waals surface area contributed by atoms with Gasteiger partial charge >= 0.3 is 5.97 Å². The van der Waals surface area contributed by atoms with Gasteiger partial charge in [0.2, 0.25) is 0 Å². The van der Waals surface area contributed by atoms with Gasteiger partial charge in [-0.05, 0) is 44.6 Å². The van der Waals surface area contributed by atoms with Crippen LogP contribution in [0.3, 0.4) is 0 Å². The predicted molar refractivity (Wildman–Crippen MR) is 68.9 cm³/mol. The number of nitrogens with zero attached hydrogens (tertiary/aromatic N) is 1. The molecule has 18 heavy (non-hydrogen) atoms. The van der Waals surface area contributed by atoms with Gasteiger partial charge in [0, 0.05) is 6.04 Å². The van der Waals surface area contributed by atoms with Crippen molar-refractivity contribution < 1.29 is 14.3 Å². The summed E-state index contributed by atoms with van der Waals surface area (Å²) in [6, 6.07) is 7.59. The molecule has 0 amide bonds. The molecule has 1 atom stereocenters. The third kappa shape index (κ3) is 3.01. The van der Waals surface area contributed by atoms with Gasteiger partial charge in [0.25, 0.3) is 0 Å². The Morgan fingerprint density at radius 2 is 2.33 bits per heavy atom. The largest absolute Gasteiger partial charge is 0.492 e. The van der Waals surface area contributed by atoms with Gasteiger partial charge in [-0.3, -0.25) is 0 Å². The zero-order valence-electron chi connectivity index (χ0n) is 10.9. The Bertz CT molecular complexity index is 419. The van der Waals surface area contributed by atoms with Crippen LogP contribution >= 0.6 is 0 Å². The molecule has 2 rings (SSSR count). The lowest BCUT2D eigenvalue weighted by atomic mass is 10.2. The second-order valence-corrected chi connectivity index (χ2v) is 4.61. The van der Waals surface area contributed by atoms with Crippen molar-refractivity contribution in [1.82, 2.24) is 4.90 Å². The van der Waals surface area contributed by atoms with Gasteiger partial charge in [-0.15, -0.1) is 0 Å². The zero-order chi connectivity index (χ0) is 13.0. The topological polar surface area (TPSA) is 38.8 Å². The van der Waals surface area contributed by atoms with E-state index in [1.165, 1.54) is 20.0 Å². The van der Waals surface area contributed by atoms with Crippen LogP contribution in [0.15, 0.2) is 24.3 Å². The van der Waals surface area contributed by atoms with Gasteiger partial charge in [-0.2, -0.15) is 0 Å². The number of ether oxygens (including phenoxy) is 2. The fraction of sp³-hybridized carbons (Fsp3) is 0.500. The van der Waals surface area contributed by atoms with Crippen LogP contribution in [-0.4, -0.2) is 44.2 Å². The molecule has 98 valence electrons. The molecule has 1 unspecified atom stereocenters. The lowest BCUT2D eigenvalue weighted by molar-refractivity contribution is 0.0600. The van der Waals surface area contributed by atoms with Crippen molar-refractivity contribution in [1.29, 1.82) is 0 Å². The molecule has 0 aliphatic carbocycles. The first-order valence-electron chi connectivity index (χ1n) is 6.22. The molecule has 1 aromatic rings. The fourth-order valence-corrected chi connectivity index (χ4v) is 2.21. The molecule has 0 spiro atoms. The average molecular weight is 249 g/mol. The van der Waals surface area contributed by atoms with Crippen molar-refractivity contribution in [2.24, 2.45) is 0 Å². The Morgan fingerprint density at radius 1 is 1.50 bits per heavy atom. The maximum atomic E-state index is 11.4. The van der Waals surface area contributed by atoms with E-state index in [1.807, 2.05) is 6.07 Å². The van der Waals surface area contributed by atoms with E-state index in [4.69, 9.17) is 4.74 Å². The third-order valence-corrected chi connectivity index (χ3v) is 3.37. The molecule has 0 radical (unpaired) electrons. The van der Waals surface area contributed by atoms with E-state index in [2.05, 4.69) is 16.7 Å². The highest BCUT2D eigenvalue weighted by Gasteiger charge is 2.21. The molecular weight excluding hydrogens is 230 g/mol. The quantitative estimate of drug-likeness (QED) is 0.764. The average Bonchev–Trinajstić information content (AvgIpc) is 2.81. The van der Waals surface area contributed by atoms with Crippen molar-refractivity contribution in [3.63, 3.8) is 0 Å². The van der Waals surface area contributed by atoms with Gasteiger partial charge < -0.3 is 14.4 Å². The minimum absolute atomic E-state index is 0.335. The van der Waals surface area contributed by atoms with E-state index < -0.39 is 0 Å². The van der Waals surface area contributed by atoms with Crippen LogP contribution in [0.2, 0.25) is 0 Å². The molecule has 0 N–H and O–H groups in total. The number of carbonyl (C=O) groups excluding carboxylic acids is 1. The highest BCUT2D eigenvalue weighted by Crippen LogP contribution is 2.18. The molecule has 1 fully saturated rings. The van der Waals surface area contributed by atoms with Crippen molar-refractivity contribution in [2.75, 3.05) is 27.3 Å². The summed E-state index contributed by atoms with van der Waals surface area (Å²) < 4.78 is 10.4. The van der Waals surface area contributed by atoms with Crippen LogP contribution in [0, 0.1) is 0 Å². The highest BCUT2D eigenvalue weighted by atomic mass is 16.5. The summed E-state index contributed by atoms with van der Waals surface area (Å²) in [6.07, 6.45) is 2.40. The zero-order valence-corrected chi connectivity index (χ0v) is 10.9. The van der Waals surface area contributed by atoms with Crippen LogP contribution in [0.5, 0.6) is 5.75 Å². The molecule has 4 nitrogen and oxygen atoms in total. The summed E-state index contributed by atoms with van der Waals surface area (Å²) in [4.78, 5) is 13.7. The number of methoxy groups -OCH3 is 1. The summed E-state index contributed by atoms with van der Waals surface area (Å²) in [5, 5.41) is 0. The number of likely N-dealkylation sites (tertiary alicyclic amines) is 1. The number of esters is 1. The maximum Gasteiger partial charge on any atom is 0.337 e. The van der Waals surface area contributed by atoms with Crippen LogP contribution in [0.25, 0.3) is 0 Å². The van der Waals surface area contributed by atoms with E-state index in [9.17, 15) is 4.79 Å². The Hall–Kier alpha value is -1.55. The van der Waals surface area contributed by atoms with Crippen LogP contribution in [0.1, 0.15) is 23.2 Å². The minimum Gasteiger partial charge on any atom is -0.492 e. The highest BCUT2D eigenvalue weighted by molar-refractivity contribution is 5.89. The first kappa shape index (κ1) is 12.9. The molecule has 1 saturated heterocycles. The Kier molecular flexibility index (Phi) is 4.20. The summed E-state index contributed by atoms with van der Waals surface area (Å²) in [5.41, 5.74) is 0.523. The van der Waals surface area contributed by atoms with Crippen LogP contribution in [0.4, 0.5) is 0 Å². The number of hydrogen-bond donors (Lipinski definition) is 0. The summed E-state index contributed by atoms with van der Waals surface area (Å²) in [5.74, 6) is 0.386. The van der Waals surface area contributed by atoms with Gasteiger partial charge in [0.1, 0.15) is 12.4 Å². The third-order valence-electron chi connectivity index (χ3n) is 3.37. The van der Waals surface area contributed by atoms with Crippen molar-refractivity contribution in [3.8, 4) is 5.75 Å². The standard InChI is InChI=1S/C14H19NO3/c1-15-8-4-6-12(15)10-18-13-7-3-5-11(9-13)14(16)17-2/h3,5,7,9,12H,4,6,8,10H2,1-2H3. The van der Waals surface area contributed by atoms with Gasteiger partial charge in [0.15, 0.2) is 0 Å². The predicted octanol–water partition coefficient (Wildman–Crippen LogP) is 1.95. The Labute approximate surface area is 107 Å². The van der Waals surface area contributed by atoms with Crippen molar-refractivity contribution in [3.05, 3.63) is 29.8 Å². The number of rotatable bonds is 4. The lowest BCUT2D eigenvalue weighted by Gasteiger charge is -2.19. The van der Waals surface area contributed by atoms with E-state index in [0.717, 1.165) is 12.3 Å². The molecule has 4 heteroatoms. The smallest absolute Gasteiger partial charge is 0.337 e. The molecule has 1 heterocycles. The second-order valence-electron chi connectivity index (χ2n) is 4.61. The lowest BCUT2D eigenvalue weighted by Crippen LogP contribution is -2.30. The van der Waals surface area contributed by atoms with E-state index in [0.29, 0.717) is 18.2 Å². The summed E-state index contributed by atoms with van der Waals surface area (Å²) >= 11 is 0. The van der Waals surface area contributed by atoms with Gasteiger partial charge in [-0.25, -0.2) is 4.79 Å². The monoisotopic (exact) mass is 249 g/mol. The van der Waals surface area contributed by atoms with Crippen molar-refractivity contribution >= 4 is 5.97 Å². The number of carbonyl (C=O) groups is 1. The first-order valence-corrected chi connectivity index (χ1v) is 6.22. The number of benzene rings is 1. The van der Waals surface area contributed by atoms with E-state index in [1.54, 1.807) is 18.2 Å². The molecule has 0 saturated carbocycles. The van der Waals surface area contributed by atoms with Gasteiger partial charge in [-0.1, -0.05) is 6.07 Å². The minimum atomic E-state index is -0.335. The molecule has 1 aliphatic heterocycles. The first-order chi connectivity index (χ1) is 8.70. The molecule has 1 aliphatic rings. The molecule has 0 bridgehead atoms. The maximum absolute atomic E-state index is 11.4. The Balaban J connectivity index is 1.95. The molecule has 0 aromatic heterocycles. The fourth-order valence-electron chi connectivity index (χ4n) is 2.21. The summed E-state index contributed by atoms with van der Waals surface area (Å²) in [7, 11) is 3.50. The van der Waals surface area contributed by atoms with E-state index in [-0.39, 0.29) is 5.97 Å².